The topological polar surface area (TPSA) is 82.1 Å². The van der Waals surface area contributed by atoms with Gasteiger partial charge in [-0.2, -0.15) is 0 Å². The smallest absolute Gasteiger partial charge is 0.341 e. The summed E-state index contributed by atoms with van der Waals surface area (Å²) in [6.45, 7) is 2.99. The minimum Gasteiger partial charge on any atom is -0.482 e. The van der Waals surface area contributed by atoms with Crippen molar-refractivity contribution in [1.29, 1.82) is 0 Å². The zero-order chi connectivity index (χ0) is 14.8. The number of hydrogen-bond acceptors (Lipinski definition) is 5. The van der Waals surface area contributed by atoms with Gasteiger partial charge in [0, 0.05) is 20.3 Å². The van der Waals surface area contributed by atoms with E-state index in [4.69, 9.17) is 19.3 Å². The van der Waals surface area contributed by atoms with Gasteiger partial charge in [0.25, 0.3) is 0 Å². The molecule has 20 heavy (non-hydrogen) atoms. The van der Waals surface area contributed by atoms with Crippen molar-refractivity contribution >= 4 is 11.9 Å². The first-order chi connectivity index (χ1) is 9.35. The van der Waals surface area contributed by atoms with E-state index in [9.17, 15) is 9.59 Å². The van der Waals surface area contributed by atoms with Gasteiger partial charge in [0.15, 0.2) is 12.7 Å². The van der Waals surface area contributed by atoms with Gasteiger partial charge < -0.3 is 19.3 Å². The Balaban J connectivity index is 1.94. The van der Waals surface area contributed by atoms with Crippen LogP contribution in [0.4, 0.5) is 0 Å². The lowest BCUT2D eigenvalue weighted by molar-refractivity contribution is -0.160. The van der Waals surface area contributed by atoms with Crippen LogP contribution >= 0.6 is 0 Å². The van der Waals surface area contributed by atoms with Crippen LogP contribution in [0.25, 0.3) is 0 Å². The van der Waals surface area contributed by atoms with E-state index in [1.165, 1.54) is 0 Å². The number of rotatable bonds is 5. The van der Waals surface area contributed by atoms with Crippen molar-refractivity contribution in [3.63, 3.8) is 0 Å². The molecule has 6 heteroatoms. The fraction of sp³-hybridized carbons (Fsp3) is 0.429. The monoisotopic (exact) mass is 280 g/mol. The standard InChI is InChI=1S/C14H16O6/c1-14(2)19-11(13(17)20-14)7-9-3-5-10(6-4-9)18-8-12(15)16/h3-6,11H,7-8H2,1-2H3,(H,15,16). The Labute approximate surface area is 116 Å². The Bertz CT molecular complexity index is 505. The Kier molecular flexibility index (Phi) is 3.94. The molecule has 1 atom stereocenters. The van der Waals surface area contributed by atoms with Gasteiger partial charge in [0.2, 0.25) is 5.79 Å². The Morgan fingerprint density at radius 2 is 2.00 bits per heavy atom. The van der Waals surface area contributed by atoms with Gasteiger partial charge in [-0.05, 0) is 17.7 Å². The number of hydrogen-bond donors (Lipinski definition) is 1. The second-order valence-corrected chi connectivity index (χ2v) is 4.96. The molecule has 1 aromatic rings. The van der Waals surface area contributed by atoms with Gasteiger partial charge in [0.05, 0.1) is 0 Å². The van der Waals surface area contributed by atoms with E-state index in [0.29, 0.717) is 12.2 Å². The zero-order valence-corrected chi connectivity index (χ0v) is 11.3. The average molecular weight is 280 g/mol. The first-order valence-corrected chi connectivity index (χ1v) is 6.20. The van der Waals surface area contributed by atoms with Crippen molar-refractivity contribution < 1.29 is 28.9 Å². The summed E-state index contributed by atoms with van der Waals surface area (Å²) in [5.41, 5.74) is 0.882. The van der Waals surface area contributed by atoms with E-state index in [-0.39, 0.29) is 12.6 Å². The van der Waals surface area contributed by atoms with Crippen LogP contribution in [0.5, 0.6) is 5.75 Å². The Morgan fingerprint density at radius 1 is 1.35 bits per heavy atom. The third-order valence-corrected chi connectivity index (χ3v) is 2.74. The summed E-state index contributed by atoms with van der Waals surface area (Å²) < 4.78 is 15.6. The normalized spacial score (nSPS) is 20.5. The molecule has 0 radical (unpaired) electrons. The summed E-state index contributed by atoms with van der Waals surface area (Å²) in [7, 11) is 0. The van der Waals surface area contributed by atoms with Crippen LogP contribution in [0.2, 0.25) is 0 Å². The maximum absolute atomic E-state index is 11.6. The van der Waals surface area contributed by atoms with Crippen molar-refractivity contribution in [2.45, 2.75) is 32.2 Å². The number of cyclic esters (lactones) is 1. The summed E-state index contributed by atoms with van der Waals surface area (Å²) in [4.78, 5) is 22.0. The molecule has 0 bridgehead atoms. The molecule has 1 aliphatic heterocycles. The van der Waals surface area contributed by atoms with Gasteiger partial charge in [0.1, 0.15) is 5.75 Å². The molecule has 0 spiro atoms. The molecule has 0 saturated carbocycles. The van der Waals surface area contributed by atoms with Crippen LogP contribution in [0.15, 0.2) is 24.3 Å². The first-order valence-electron chi connectivity index (χ1n) is 6.20. The van der Waals surface area contributed by atoms with E-state index in [0.717, 1.165) is 5.56 Å². The number of ether oxygens (including phenoxy) is 3. The lowest BCUT2D eigenvalue weighted by Crippen LogP contribution is -2.22. The molecule has 0 amide bonds. The first kappa shape index (κ1) is 14.3. The molecular weight excluding hydrogens is 264 g/mol. The highest BCUT2D eigenvalue weighted by Crippen LogP contribution is 2.26. The van der Waals surface area contributed by atoms with E-state index < -0.39 is 17.9 Å². The SMILES string of the molecule is CC1(C)OC(=O)C(Cc2ccc(OCC(=O)O)cc2)O1. The van der Waals surface area contributed by atoms with Gasteiger partial charge >= 0.3 is 11.9 Å². The molecule has 1 unspecified atom stereocenters. The van der Waals surface area contributed by atoms with Crippen molar-refractivity contribution in [3.8, 4) is 5.75 Å². The fourth-order valence-corrected chi connectivity index (χ4v) is 1.93. The van der Waals surface area contributed by atoms with E-state index in [1.54, 1.807) is 38.1 Å². The fourth-order valence-electron chi connectivity index (χ4n) is 1.93. The molecule has 0 aromatic heterocycles. The molecule has 2 rings (SSSR count). The summed E-state index contributed by atoms with van der Waals surface area (Å²) >= 11 is 0. The third kappa shape index (κ3) is 3.71. The number of aliphatic carboxylic acids is 1. The highest BCUT2D eigenvalue weighted by atomic mass is 16.8. The van der Waals surface area contributed by atoms with Crippen molar-refractivity contribution in [3.05, 3.63) is 29.8 Å². The van der Waals surface area contributed by atoms with Crippen LogP contribution in [0.3, 0.4) is 0 Å². The third-order valence-electron chi connectivity index (χ3n) is 2.74. The molecule has 108 valence electrons. The summed E-state index contributed by atoms with van der Waals surface area (Å²) in [5, 5.41) is 8.50. The molecule has 1 fully saturated rings. The molecule has 1 heterocycles. The molecule has 6 nitrogen and oxygen atoms in total. The van der Waals surface area contributed by atoms with Crippen molar-refractivity contribution in [1.82, 2.24) is 0 Å². The maximum Gasteiger partial charge on any atom is 0.341 e. The second kappa shape index (κ2) is 5.50. The van der Waals surface area contributed by atoms with Crippen LogP contribution in [-0.2, 0) is 25.5 Å². The van der Waals surface area contributed by atoms with Crippen LogP contribution in [0.1, 0.15) is 19.4 Å². The molecule has 1 aliphatic rings. The number of carboxylic acid groups (broad SMARTS) is 1. The lowest BCUT2D eigenvalue weighted by atomic mass is 10.1. The summed E-state index contributed by atoms with van der Waals surface area (Å²) in [5.74, 6) is -1.82. The maximum atomic E-state index is 11.6. The van der Waals surface area contributed by atoms with Crippen LogP contribution in [-0.4, -0.2) is 35.5 Å². The minimum atomic E-state index is -1.03. The van der Waals surface area contributed by atoms with Crippen LogP contribution in [0, 0.1) is 0 Å². The zero-order valence-electron chi connectivity index (χ0n) is 11.3. The second-order valence-electron chi connectivity index (χ2n) is 4.96. The number of carbonyl (C=O) groups excluding carboxylic acids is 1. The minimum absolute atomic E-state index is 0.374. The van der Waals surface area contributed by atoms with Gasteiger partial charge in [-0.1, -0.05) is 12.1 Å². The molecule has 1 N–H and O–H groups in total. The van der Waals surface area contributed by atoms with Gasteiger partial charge in [-0.15, -0.1) is 0 Å². The number of carbonyl (C=O) groups is 2. The summed E-state index contributed by atoms with van der Waals surface area (Å²) in [6.07, 6.45) is -0.211. The van der Waals surface area contributed by atoms with Crippen molar-refractivity contribution in [2.75, 3.05) is 6.61 Å². The predicted octanol–water partition coefficient (Wildman–Crippen LogP) is 1.37. The van der Waals surface area contributed by atoms with E-state index in [1.807, 2.05) is 0 Å². The Morgan fingerprint density at radius 3 is 2.50 bits per heavy atom. The number of benzene rings is 1. The highest BCUT2D eigenvalue weighted by molar-refractivity contribution is 5.77. The summed E-state index contributed by atoms with van der Waals surface area (Å²) in [6, 6.07) is 6.84. The molecular formula is C14H16O6. The number of carboxylic acids is 1. The lowest BCUT2D eigenvalue weighted by Gasteiger charge is -2.15. The molecule has 0 aliphatic carbocycles. The van der Waals surface area contributed by atoms with E-state index >= 15 is 0 Å². The molecule has 1 saturated heterocycles. The Hall–Kier alpha value is -2.08. The number of esters is 1. The van der Waals surface area contributed by atoms with E-state index in [2.05, 4.69) is 0 Å². The molecule has 1 aromatic carbocycles. The van der Waals surface area contributed by atoms with Crippen LogP contribution < -0.4 is 4.74 Å². The quantitative estimate of drug-likeness (QED) is 0.820. The predicted molar refractivity (Wildman–Crippen MR) is 68.3 cm³/mol. The van der Waals surface area contributed by atoms with Gasteiger partial charge in [-0.25, -0.2) is 9.59 Å². The van der Waals surface area contributed by atoms with Gasteiger partial charge in [-0.3, -0.25) is 0 Å². The van der Waals surface area contributed by atoms with Crippen molar-refractivity contribution in [2.24, 2.45) is 0 Å². The largest absolute Gasteiger partial charge is 0.482 e. The highest BCUT2D eigenvalue weighted by Gasteiger charge is 2.40. The average Bonchev–Trinajstić information content (AvgIpc) is 2.61.